The summed E-state index contributed by atoms with van der Waals surface area (Å²) < 4.78 is 0. The number of carbonyl (C=O) groups is 1. The highest BCUT2D eigenvalue weighted by molar-refractivity contribution is 5.85. The van der Waals surface area contributed by atoms with Crippen LogP contribution in [0.5, 0.6) is 0 Å². The van der Waals surface area contributed by atoms with Crippen molar-refractivity contribution in [3.63, 3.8) is 0 Å². The summed E-state index contributed by atoms with van der Waals surface area (Å²) >= 11 is 0. The molecule has 5 heteroatoms. The molecule has 1 aliphatic rings. The quantitative estimate of drug-likeness (QED) is 0.802. The maximum absolute atomic E-state index is 10.4. The molecule has 18 heavy (non-hydrogen) atoms. The van der Waals surface area contributed by atoms with Crippen molar-refractivity contribution in [3.05, 3.63) is 24.0 Å². The van der Waals surface area contributed by atoms with Crippen LogP contribution in [0.2, 0.25) is 0 Å². The van der Waals surface area contributed by atoms with Gasteiger partial charge in [-0.1, -0.05) is 6.92 Å². The van der Waals surface area contributed by atoms with E-state index < -0.39 is 5.97 Å². The Labute approximate surface area is 106 Å². The van der Waals surface area contributed by atoms with Crippen molar-refractivity contribution in [1.82, 2.24) is 9.97 Å². The molecule has 0 saturated heterocycles. The third kappa shape index (κ3) is 3.29. The maximum Gasteiger partial charge on any atom is 0.328 e. The lowest BCUT2D eigenvalue weighted by Crippen LogP contribution is -2.22. The first kappa shape index (κ1) is 12.5. The fraction of sp³-hybridized carbons (Fsp3) is 0.462. The van der Waals surface area contributed by atoms with Gasteiger partial charge in [-0.3, -0.25) is 0 Å². The van der Waals surface area contributed by atoms with Crippen molar-refractivity contribution >= 4 is 18.0 Å². The first-order valence-corrected chi connectivity index (χ1v) is 6.00. The average molecular weight is 247 g/mol. The third-order valence-corrected chi connectivity index (χ3v) is 3.20. The zero-order valence-electron chi connectivity index (χ0n) is 10.6. The highest BCUT2D eigenvalue weighted by atomic mass is 16.4. The summed E-state index contributed by atoms with van der Waals surface area (Å²) in [5, 5.41) is 8.51. The summed E-state index contributed by atoms with van der Waals surface area (Å²) in [6.45, 7) is 3.23. The highest BCUT2D eigenvalue weighted by Gasteiger charge is 2.33. The van der Waals surface area contributed by atoms with E-state index in [1.54, 1.807) is 12.4 Å². The number of anilines is 1. The van der Waals surface area contributed by atoms with Gasteiger partial charge in [0.25, 0.3) is 0 Å². The van der Waals surface area contributed by atoms with E-state index in [1.807, 2.05) is 11.9 Å². The van der Waals surface area contributed by atoms with Gasteiger partial charge in [0.05, 0.1) is 0 Å². The van der Waals surface area contributed by atoms with Crippen molar-refractivity contribution in [2.24, 2.45) is 11.8 Å². The topological polar surface area (TPSA) is 66.3 Å². The molecular weight excluding hydrogens is 230 g/mol. The smallest absolute Gasteiger partial charge is 0.328 e. The Morgan fingerprint density at radius 2 is 2.17 bits per heavy atom. The lowest BCUT2D eigenvalue weighted by atomic mass is 10.3. The SMILES string of the molecule is CC1CC1CN(C)c1ncc(/C=C/C(=O)O)cn1. The van der Waals surface area contributed by atoms with Crippen LogP contribution in [0.15, 0.2) is 18.5 Å². The van der Waals surface area contributed by atoms with Crippen molar-refractivity contribution in [3.8, 4) is 0 Å². The first-order valence-electron chi connectivity index (χ1n) is 6.00. The van der Waals surface area contributed by atoms with Crippen LogP contribution in [0.4, 0.5) is 5.95 Å². The van der Waals surface area contributed by atoms with E-state index in [9.17, 15) is 4.79 Å². The number of carboxylic acids is 1. The van der Waals surface area contributed by atoms with Gasteiger partial charge < -0.3 is 10.0 Å². The summed E-state index contributed by atoms with van der Waals surface area (Å²) in [5.74, 6) is 1.27. The molecule has 1 aliphatic carbocycles. The normalized spacial score (nSPS) is 22.1. The average Bonchev–Trinajstić information content (AvgIpc) is 3.03. The van der Waals surface area contributed by atoms with Crippen LogP contribution in [0.3, 0.4) is 0 Å². The molecule has 2 atom stereocenters. The Morgan fingerprint density at radius 3 is 2.67 bits per heavy atom. The van der Waals surface area contributed by atoms with Crippen LogP contribution < -0.4 is 4.90 Å². The summed E-state index contributed by atoms with van der Waals surface area (Å²) in [5.41, 5.74) is 0.689. The van der Waals surface area contributed by atoms with Gasteiger partial charge in [0, 0.05) is 37.6 Å². The van der Waals surface area contributed by atoms with Crippen LogP contribution in [0, 0.1) is 11.8 Å². The predicted molar refractivity (Wildman–Crippen MR) is 69.2 cm³/mol. The molecule has 0 aliphatic heterocycles. The van der Waals surface area contributed by atoms with Crippen LogP contribution in [0.1, 0.15) is 18.9 Å². The van der Waals surface area contributed by atoms with E-state index >= 15 is 0 Å². The number of hydrogen-bond acceptors (Lipinski definition) is 4. The highest BCUT2D eigenvalue weighted by Crippen LogP contribution is 2.38. The van der Waals surface area contributed by atoms with Crippen molar-refractivity contribution < 1.29 is 9.90 Å². The largest absolute Gasteiger partial charge is 0.478 e. The molecule has 1 aromatic rings. The molecule has 1 aromatic heterocycles. The zero-order valence-corrected chi connectivity index (χ0v) is 10.6. The minimum atomic E-state index is -0.973. The Kier molecular flexibility index (Phi) is 3.60. The van der Waals surface area contributed by atoms with Gasteiger partial charge in [-0.15, -0.1) is 0 Å². The van der Waals surface area contributed by atoms with E-state index in [4.69, 9.17) is 5.11 Å². The summed E-state index contributed by atoms with van der Waals surface area (Å²) in [6, 6.07) is 0. The third-order valence-electron chi connectivity index (χ3n) is 3.20. The Balaban J connectivity index is 1.96. The molecular formula is C13H17N3O2. The van der Waals surface area contributed by atoms with Gasteiger partial charge in [-0.2, -0.15) is 0 Å². The number of aromatic nitrogens is 2. The lowest BCUT2D eigenvalue weighted by Gasteiger charge is -2.16. The maximum atomic E-state index is 10.4. The Hall–Kier alpha value is -1.91. The fourth-order valence-electron chi connectivity index (χ4n) is 1.87. The lowest BCUT2D eigenvalue weighted by molar-refractivity contribution is -0.131. The molecule has 0 radical (unpaired) electrons. The molecule has 0 amide bonds. The van der Waals surface area contributed by atoms with E-state index in [-0.39, 0.29) is 0 Å². The van der Waals surface area contributed by atoms with Crippen molar-refractivity contribution in [2.75, 3.05) is 18.5 Å². The number of rotatable bonds is 5. The van der Waals surface area contributed by atoms with Crippen LogP contribution >= 0.6 is 0 Å². The van der Waals surface area contributed by atoms with Gasteiger partial charge in [0.15, 0.2) is 0 Å². The number of nitrogens with zero attached hydrogens (tertiary/aromatic N) is 3. The zero-order chi connectivity index (χ0) is 13.1. The molecule has 5 nitrogen and oxygen atoms in total. The Bertz CT molecular complexity index is 456. The van der Waals surface area contributed by atoms with Gasteiger partial charge in [-0.25, -0.2) is 14.8 Å². The standard InChI is InChI=1S/C13H17N3O2/c1-9-5-11(9)8-16(2)13-14-6-10(7-15-13)3-4-12(17)18/h3-4,6-7,9,11H,5,8H2,1-2H3,(H,17,18)/b4-3+. The number of hydrogen-bond donors (Lipinski definition) is 1. The van der Waals surface area contributed by atoms with Crippen molar-refractivity contribution in [1.29, 1.82) is 0 Å². The minimum absolute atomic E-state index is 0.682. The molecule has 2 rings (SSSR count). The minimum Gasteiger partial charge on any atom is -0.478 e. The second-order valence-electron chi connectivity index (χ2n) is 4.84. The van der Waals surface area contributed by atoms with Crippen LogP contribution in [-0.2, 0) is 4.79 Å². The second-order valence-corrected chi connectivity index (χ2v) is 4.84. The molecule has 0 aromatic carbocycles. The van der Waals surface area contributed by atoms with Gasteiger partial charge in [0.1, 0.15) is 0 Å². The molecule has 0 bridgehead atoms. The monoisotopic (exact) mass is 247 g/mol. The van der Waals surface area contributed by atoms with Gasteiger partial charge >= 0.3 is 5.97 Å². The number of carboxylic acid groups (broad SMARTS) is 1. The molecule has 1 fully saturated rings. The molecule has 1 N–H and O–H groups in total. The summed E-state index contributed by atoms with van der Waals surface area (Å²) in [6.07, 6.45) is 7.11. The van der Waals surface area contributed by atoms with Gasteiger partial charge in [0.2, 0.25) is 5.95 Å². The van der Waals surface area contributed by atoms with Gasteiger partial charge in [-0.05, 0) is 24.3 Å². The first-order chi connectivity index (χ1) is 8.56. The molecule has 1 heterocycles. The number of aliphatic carboxylic acids is 1. The van der Waals surface area contributed by atoms with Crippen LogP contribution in [0.25, 0.3) is 6.08 Å². The predicted octanol–water partition coefficient (Wildman–Crippen LogP) is 1.67. The summed E-state index contributed by atoms with van der Waals surface area (Å²) in [4.78, 5) is 20.9. The van der Waals surface area contributed by atoms with E-state index in [0.717, 1.165) is 24.5 Å². The summed E-state index contributed by atoms with van der Waals surface area (Å²) in [7, 11) is 1.98. The fourth-order valence-corrected chi connectivity index (χ4v) is 1.87. The van der Waals surface area contributed by atoms with E-state index in [1.165, 1.54) is 12.5 Å². The second kappa shape index (κ2) is 5.16. The molecule has 1 saturated carbocycles. The molecule has 2 unspecified atom stereocenters. The van der Waals surface area contributed by atoms with Crippen LogP contribution in [-0.4, -0.2) is 34.6 Å². The molecule has 0 spiro atoms. The Morgan fingerprint density at radius 1 is 1.56 bits per heavy atom. The van der Waals surface area contributed by atoms with E-state index in [2.05, 4.69) is 16.9 Å². The molecule has 96 valence electrons. The van der Waals surface area contributed by atoms with Crippen molar-refractivity contribution in [2.45, 2.75) is 13.3 Å². The van der Waals surface area contributed by atoms with E-state index in [0.29, 0.717) is 11.5 Å².